The maximum absolute atomic E-state index is 12.5. The average molecular weight is 227 g/mol. The molecule has 86 valence electrons. The Balaban J connectivity index is 2.38. The van der Waals surface area contributed by atoms with Crippen LogP contribution in [0.15, 0.2) is 23.8 Å². The van der Waals surface area contributed by atoms with Gasteiger partial charge in [0.25, 0.3) is 0 Å². The van der Waals surface area contributed by atoms with Gasteiger partial charge in [-0.15, -0.1) is 0 Å². The highest BCUT2D eigenvalue weighted by molar-refractivity contribution is 5.65. The van der Waals surface area contributed by atoms with Crippen LogP contribution in [0.3, 0.4) is 0 Å². The van der Waals surface area contributed by atoms with Crippen LogP contribution in [-0.2, 0) is 12.6 Å². The molecule has 0 heterocycles. The van der Waals surface area contributed by atoms with Gasteiger partial charge in [-0.05, 0) is 42.2 Å². The Hall–Kier alpha value is -1.29. The Kier molecular flexibility index (Phi) is 2.54. The highest BCUT2D eigenvalue weighted by atomic mass is 19.4. The van der Waals surface area contributed by atoms with Crippen LogP contribution in [0, 0.1) is 0 Å². The molecule has 1 atom stereocenters. The summed E-state index contributed by atoms with van der Waals surface area (Å²) < 4.78 is 37.4. The van der Waals surface area contributed by atoms with Crippen LogP contribution in [0.2, 0.25) is 0 Å². The van der Waals surface area contributed by atoms with Crippen LogP contribution in [0.1, 0.15) is 23.6 Å². The third-order valence-electron chi connectivity index (χ3n) is 2.79. The standard InChI is InChI=1S/C12H12F3N/c1-7(16)9-4-8-2-3-11(12(13,14)15)6-10(8)5-9/h2-3,5-7H,4,16H2,1H3. The lowest BCUT2D eigenvalue weighted by Crippen LogP contribution is -2.17. The predicted octanol–water partition coefficient (Wildman–Crippen LogP) is 2.99. The number of fused-ring (bicyclic) bond motifs is 1. The van der Waals surface area contributed by atoms with E-state index in [1.165, 1.54) is 12.1 Å². The van der Waals surface area contributed by atoms with Gasteiger partial charge >= 0.3 is 6.18 Å². The second-order valence-corrected chi connectivity index (χ2v) is 4.10. The minimum atomic E-state index is -4.28. The van der Waals surface area contributed by atoms with E-state index in [1.54, 1.807) is 6.08 Å². The molecule has 0 saturated heterocycles. The molecule has 0 aliphatic heterocycles. The van der Waals surface area contributed by atoms with Gasteiger partial charge < -0.3 is 5.73 Å². The SMILES string of the molecule is CC(N)C1=Cc2cc(C(F)(F)F)ccc2C1. The van der Waals surface area contributed by atoms with Crippen LogP contribution in [-0.4, -0.2) is 6.04 Å². The maximum Gasteiger partial charge on any atom is 0.416 e. The van der Waals surface area contributed by atoms with Crippen molar-refractivity contribution < 1.29 is 13.2 Å². The summed E-state index contributed by atoms with van der Waals surface area (Å²) >= 11 is 0. The van der Waals surface area contributed by atoms with E-state index in [4.69, 9.17) is 5.73 Å². The van der Waals surface area contributed by atoms with E-state index in [2.05, 4.69) is 0 Å². The van der Waals surface area contributed by atoms with Crippen molar-refractivity contribution in [2.24, 2.45) is 5.73 Å². The van der Waals surface area contributed by atoms with Crippen molar-refractivity contribution in [2.75, 3.05) is 0 Å². The zero-order valence-corrected chi connectivity index (χ0v) is 8.81. The summed E-state index contributed by atoms with van der Waals surface area (Å²) in [5, 5.41) is 0. The third-order valence-corrected chi connectivity index (χ3v) is 2.79. The summed E-state index contributed by atoms with van der Waals surface area (Å²) in [4.78, 5) is 0. The molecule has 1 aromatic carbocycles. The molecular formula is C12H12F3N. The molecule has 0 bridgehead atoms. The van der Waals surface area contributed by atoms with Gasteiger partial charge in [0.15, 0.2) is 0 Å². The van der Waals surface area contributed by atoms with E-state index >= 15 is 0 Å². The minimum Gasteiger partial charge on any atom is -0.324 e. The molecule has 0 aromatic heterocycles. The summed E-state index contributed by atoms with van der Waals surface area (Å²) in [6.07, 6.45) is -1.86. The Morgan fingerprint density at radius 1 is 1.31 bits per heavy atom. The van der Waals surface area contributed by atoms with Crippen molar-refractivity contribution in [1.82, 2.24) is 0 Å². The molecule has 4 heteroatoms. The van der Waals surface area contributed by atoms with Crippen LogP contribution in [0.25, 0.3) is 6.08 Å². The van der Waals surface area contributed by atoms with E-state index in [9.17, 15) is 13.2 Å². The molecule has 2 rings (SSSR count). The molecule has 0 spiro atoms. The summed E-state index contributed by atoms with van der Waals surface area (Å²) in [5.41, 5.74) is 7.65. The number of alkyl halides is 3. The van der Waals surface area contributed by atoms with Crippen LogP contribution in [0.5, 0.6) is 0 Å². The Morgan fingerprint density at radius 2 is 2.00 bits per heavy atom. The fourth-order valence-electron chi connectivity index (χ4n) is 1.83. The molecule has 16 heavy (non-hydrogen) atoms. The van der Waals surface area contributed by atoms with Crippen molar-refractivity contribution in [3.8, 4) is 0 Å². The van der Waals surface area contributed by atoms with E-state index in [-0.39, 0.29) is 6.04 Å². The monoisotopic (exact) mass is 227 g/mol. The van der Waals surface area contributed by atoms with Gasteiger partial charge in [-0.3, -0.25) is 0 Å². The van der Waals surface area contributed by atoms with Crippen LogP contribution < -0.4 is 5.73 Å². The van der Waals surface area contributed by atoms with Crippen molar-refractivity contribution in [3.63, 3.8) is 0 Å². The van der Waals surface area contributed by atoms with Crippen LogP contribution >= 0.6 is 0 Å². The largest absolute Gasteiger partial charge is 0.416 e. The molecule has 0 fully saturated rings. The van der Waals surface area contributed by atoms with Gasteiger partial charge in [-0.25, -0.2) is 0 Å². The number of halogens is 3. The normalized spacial score (nSPS) is 16.9. The molecule has 1 unspecified atom stereocenters. The van der Waals surface area contributed by atoms with E-state index in [1.807, 2.05) is 6.92 Å². The van der Waals surface area contributed by atoms with Crippen molar-refractivity contribution in [3.05, 3.63) is 40.5 Å². The lowest BCUT2D eigenvalue weighted by atomic mass is 10.0. The molecule has 1 aromatic rings. The topological polar surface area (TPSA) is 26.0 Å². The van der Waals surface area contributed by atoms with Gasteiger partial charge in [0.05, 0.1) is 5.56 Å². The van der Waals surface area contributed by atoms with Crippen molar-refractivity contribution >= 4 is 6.08 Å². The fourth-order valence-corrected chi connectivity index (χ4v) is 1.83. The predicted molar refractivity (Wildman–Crippen MR) is 56.8 cm³/mol. The zero-order valence-electron chi connectivity index (χ0n) is 8.81. The molecule has 2 N–H and O–H groups in total. The van der Waals surface area contributed by atoms with Gasteiger partial charge in [0.1, 0.15) is 0 Å². The average Bonchev–Trinajstić information content (AvgIpc) is 2.58. The number of benzene rings is 1. The summed E-state index contributed by atoms with van der Waals surface area (Å²) in [6.45, 7) is 1.84. The number of hydrogen-bond acceptors (Lipinski definition) is 1. The van der Waals surface area contributed by atoms with Crippen LogP contribution in [0.4, 0.5) is 13.2 Å². The second kappa shape index (κ2) is 3.63. The smallest absolute Gasteiger partial charge is 0.324 e. The highest BCUT2D eigenvalue weighted by Gasteiger charge is 2.31. The Morgan fingerprint density at radius 3 is 2.56 bits per heavy atom. The van der Waals surface area contributed by atoms with Gasteiger partial charge in [-0.1, -0.05) is 12.1 Å². The van der Waals surface area contributed by atoms with Crippen molar-refractivity contribution in [2.45, 2.75) is 25.6 Å². The molecule has 1 aliphatic rings. The summed E-state index contributed by atoms with van der Waals surface area (Å²) in [7, 11) is 0. The lowest BCUT2D eigenvalue weighted by Gasteiger charge is -2.08. The first-order chi connectivity index (χ1) is 7.38. The van der Waals surface area contributed by atoms with Gasteiger partial charge in [0.2, 0.25) is 0 Å². The van der Waals surface area contributed by atoms with E-state index in [0.717, 1.165) is 17.2 Å². The fraction of sp³-hybridized carbons (Fsp3) is 0.333. The second-order valence-electron chi connectivity index (χ2n) is 4.10. The van der Waals surface area contributed by atoms with Gasteiger partial charge in [0, 0.05) is 6.04 Å². The molecular weight excluding hydrogens is 215 g/mol. The first-order valence-electron chi connectivity index (χ1n) is 5.04. The molecule has 1 nitrogen and oxygen atoms in total. The lowest BCUT2D eigenvalue weighted by molar-refractivity contribution is -0.137. The first kappa shape index (κ1) is 11.2. The minimum absolute atomic E-state index is 0.110. The molecule has 0 radical (unpaired) electrons. The summed E-state index contributed by atoms with van der Waals surface area (Å²) in [5.74, 6) is 0. The molecule has 0 amide bonds. The number of hydrogen-bond donors (Lipinski definition) is 1. The summed E-state index contributed by atoms with van der Waals surface area (Å²) in [6, 6.07) is 3.73. The highest BCUT2D eigenvalue weighted by Crippen LogP contribution is 2.34. The zero-order chi connectivity index (χ0) is 11.9. The third kappa shape index (κ3) is 1.97. The van der Waals surface area contributed by atoms with Crippen molar-refractivity contribution in [1.29, 1.82) is 0 Å². The number of rotatable bonds is 1. The Bertz CT molecular complexity index is 444. The molecule has 1 aliphatic carbocycles. The maximum atomic E-state index is 12.5. The quantitative estimate of drug-likeness (QED) is 0.784. The molecule has 0 saturated carbocycles. The Labute approximate surface area is 91.8 Å². The van der Waals surface area contributed by atoms with E-state index < -0.39 is 11.7 Å². The van der Waals surface area contributed by atoms with E-state index in [0.29, 0.717) is 12.0 Å². The van der Waals surface area contributed by atoms with Gasteiger partial charge in [-0.2, -0.15) is 13.2 Å². The first-order valence-corrected chi connectivity index (χ1v) is 5.04. The number of nitrogens with two attached hydrogens (primary N) is 1.